The molecule has 0 radical (unpaired) electrons. The lowest BCUT2D eigenvalue weighted by Crippen LogP contribution is -1.98. The van der Waals surface area contributed by atoms with Crippen LogP contribution < -0.4 is 5.32 Å². The number of halogens is 2. The Morgan fingerprint density at radius 3 is 2.44 bits per heavy atom. The van der Waals surface area contributed by atoms with Gasteiger partial charge in [0, 0.05) is 35.5 Å². The van der Waals surface area contributed by atoms with Crippen molar-refractivity contribution in [3.8, 4) is 6.07 Å². The Morgan fingerprint density at radius 2 is 1.89 bits per heavy atom. The lowest BCUT2D eigenvalue weighted by molar-refractivity contribution is 0.902. The van der Waals surface area contributed by atoms with Gasteiger partial charge in [-0.3, -0.25) is 0 Å². The number of hydrogen-bond acceptors (Lipinski definition) is 2. The Bertz CT molecular complexity index is 591. The van der Waals surface area contributed by atoms with E-state index in [9.17, 15) is 0 Å². The summed E-state index contributed by atoms with van der Waals surface area (Å²) >= 11 is 11.8. The Labute approximate surface area is 116 Å². The molecular weight excluding hydrogens is 269 g/mol. The molecule has 1 aromatic heterocycles. The number of anilines is 1. The zero-order chi connectivity index (χ0) is 13.1. The Balaban J connectivity index is 2.09. The van der Waals surface area contributed by atoms with Crippen LogP contribution in [0.2, 0.25) is 10.0 Å². The quantitative estimate of drug-likeness (QED) is 0.928. The maximum atomic E-state index is 8.86. The summed E-state index contributed by atoms with van der Waals surface area (Å²) in [6.07, 6.45) is 1.91. The fourth-order valence-corrected chi connectivity index (χ4v) is 2.23. The van der Waals surface area contributed by atoms with Gasteiger partial charge >= 0.3 is 0 Å². The van der Waals surface area contributed by atoms with Gasteiger partial charge in [0.15, 0.2) is 0 Å². The van der Waals surface area contributed by atoms with E-state index in [1.54, 1.807) is 10.6 Å². The maximum absolute atomic E-state index is 8.86. The number of nitriles is 1. The predicted octanol–water partition coefficient (Wildman–Crippen LogP) is 3.82. The minimum Gasteiger partial charge on any atom is -0.381 e. The van der Waals surface area contributed by atoms with Gasteiger partial charge < -0.3 is 9.88 Å². The monoisotopic (exact) mass is 279 g/mol. The molecule has 92 valence electrons. The van der Waals surface area contributed by atoms with E-state index in [2.05, 4.69) is 11.4 Å². The molecule has 0 saturated carbocycles. The molecule has 2 rings (SSSR count). The lowest BCUT2D eigenvalue weighted by atomic mass is 10.3. The van der Waals surface area contributed by atoms with Gasteiger partial charge in [0.2, 0.25) is 0 Å². The van der Waals surface area contributed by atoms with Gasteiger partial charge in [0.1, 0.15) is 11.8 Å². The van der Waals surface area contributed by atoms with Gasteiger partial charge in [-0.15, -0.1) is 0 Å². The maximum Gasteiger partial charge on any atom is 0.120 e. The molecular formula is C13H11Cl2N3. The fourth-order valence-electron chi connectivity index (χ4n) is 1.70. The van der Waals surface area contributed by atoms with E-state index in [1.807, 2.05) is 31.4 Å². The molecule has 1 heterocycles. The van der Waals surface area contributed by atoms with Crippen molar-refractivity contribution < 1.29 is 0 Å². The second-order valence-corrected chi connectivity index (χ2v) is 4.84. The predicted molar refractivity (Wildman–Crippen MR) is 73.9 cm³/mol. The standard InChI is InChI=1S/C13H11Cl2N3/c1-18-8-9(2-13(18)6-16)7-17-12-4-10(14)3-11(15)5-12/h2-5,8,17H,7H2,1H3. The minimum atomic E-state index is 0.593. The zero-order valence-corrected chi connectivity index (χ0v) is 11.3. The highest BCUT2D eigenvalue weighted by Gasteiger charge is 2.03. The first kappa shape index (κ1) is 12.8. The first-order valence-corrected chi connectivity index (χ1v) is 6.09. The molecule has 0 atom stereocenters. The summed E-state index contributed by atoms with van der Waals surface area (Å²) in [6.45, 7) is 0.617. The molecule has 0 spiro atoms. The van der Waals surface area contributed by atoms with Crippen molar-refractivity contribution in [2.75, 3.05) is 5.32 Å². The molecule has 5 heteroatoms. The molecule has 0 saturated heterocycles. The highest BCUT2D eigenvalue weighted by molar-refractivity contribution is 6.35. The van der Waals surface area contributed by atoms with Crippen molar-refractivity contribution in [2.24, 2.45) is 7.05 Å². The van der Waals surface area contributed by atoms with Crippen LogP contribution in [0.15, 0.2) is 30.5 Å². The Kier molecular flexibility index (Phi) is 3.81. The Hall–Kier alpha value is -1.63. The third kappa shape index (κ3) is 2.98. The van der Waals surface area contributed by atoms with Crippen LogP contribution in [-0.2, 0) is 13.6 Å². The van der Waals surface area contributed by atoms with Crippen LogP contribution in [0.4, 0.5) is 5.69 Å². The molecule has 0 aliphatic rings. The van der Waals surface area contributed by atoms with Crippen LogP contribution >= 0.6 is 23.2 Å². The molecule has 0 unspecified atom stereocenters. The molecule has 0 fully saturated rings. The van der Waals surface area contributed by atoms with Gasteiger partial charge in [0.05, 0.1) is 0 Å². The zero-order valence-electron chi connectivity index (χ0n) is 9.74. The minimum absolute atomic E-state index is 0.593. The highest BCUT2D eigenvalue weighted by Crippen LogP contribution is 2.23. The summed E-state index contributed by atoms with van der Waals surface area (Å²) in [5.41, 5.74) is 2.52. The summed E-state index contributed by atoms with van der Waals surface area (Å²) in [6, 6.07) is 9.27. The summed E-state index contributed by atoms with van der Waals surface area (Å²) in [7, 11) is 1.85. The van der Waals surface area contributed by atoms with Crippen LogP contribution in [0, 0.1) is 11.3 Å². The number of aryl methyl sites for hydroxylation is 1. The number of rotatable bonds is 3. The van der Waals surface area contributed by atoms with E-state index in [0.29, 0.717) is 22.3 Å². The Morgan fingerprint density at radius 1 is 1.22 bits per heavy atom. The molecule has 0 aliphatic heterocycles. The summed E-state index contributed by atoms with van der Waals surface area (Å²) in [5.74, 6) is 0. The average Bonchev–Trinajstić information content (AvgIpc) is 2.66. The van der Waals surface area contributed by atoms with Crippen LogP contribution in [0.5, 0.6) is 0 Å². The summed E-state index contributed by atoms with van der Waals surface area (Å²) in [5, 5.41) is 13.3. The van der Waals surface area contributed by atoms with Gasteiger partial charge in [0.25, 0.3) is 0 Å². The third-order valence-corrected chi connectivity index (χ3v) is 2.97. The molecule has 1 N–H and O–H groups in total. The molecule has 0 aliphatic carbocycles. The first-order chi connectivity index (χ1) is 8.58. The van der Waals surface area contributed by atoms with Crippen molar-refractivity contribution >= 4 is 28.9 Å². The third-order valence-electron chi connectivity index (χ3n) is 2.54. The summed E-state index contributed by atoms with van der Waals surface area (Å²) < 4.78 is 1.79. The fraction of sp³-hybridized carbons (Fsp3) is 0.154. The van der Waals surface area contributed by atoms with Gasteiger partial charge in [-0.05, 0) is 29.8 Å². The second-order valence-electron chi connectivity index (χ2n) is 3.97. The lowest BCUT2D eigenvalue weighted by Gasteiger charge is -2.06. The van der Waals surface area contributed by atoms with Crippen molar-refractivity contribution in [1.82, 2.24) is 4.57 Å². The molecule has 2 aromatic rings. The number of aromatic nitrogens is 1. The average molecular weight is 280 g/mol. The number of nitrogens with zero attached hydrogens (tertiary/aromatic N) is 2. The van der Waals surface area contributed by atoms with Crippen molar-refractivity contribution in [2.45, 2.75) is 6.54 Å². The van der Waals surface area contributed by atoms with Crippen LogP contribution in [-0.4, -0.2) is 4.57 Å². The van der Waals surface area contributed by atoms with E-state index >= 15 is 0 Å². The van der Waals surface area contributed by atoms with Crippen LogP contribution in [0.1, 0.15) is 11.3 Å². The van der Waals surface area contributed by atoms with Gasteiger partial charge in [-0.1, -0.05) is 23.2 Å². The van der Waals surface area contributed by atoms with Gasteiger partial charge in [-0.25, -0.2) is 0 Å². The first-order valence-electron chi connectivity index (χ1n) is 5.34. The van der Waals surface area contributed by atoms with E-state index in [4.69, 9.17) is 28.5 Å². The van der Waals surface area contributed by atoms with E-state index in [-0.39, 0.29) is 0 Å². The topological polar surface area (TPSA) is 40.8 Å². The van der Waals surface area contributed by atoms with Crippen LogP contribution in [0.25, 0.3) is 0 Å². The van der Waals surface area contributed by atoms with E-state index in [1.165, 1.54) is 0 Å². The molecule has 1 aromatic carbocycles. The SMILES string of the molecule is Cn1cc(CNc2cc(Cl)cc(Cl)c2)cc1C#N. The normalized spacial score (nSPS) is 10.1. The second kappa shape index (κ2) is 5.34. The number of hydrogen-bond donors (Lipinski definition) is 1. The van der Waals surface area contributed by atoms with Crippen molar-refractivity contribution in [3.05, 3.63) is 51.8 Å². The largest absolute Gasteiger partial charge is 0.381 e. The van der Waals surface area contributed by atoms with E-state index < -0.39 is 0 Å². The van der Waals surface area contributed by atoms with Gasteiger partial charge in [-0.2, -0.15) is 5.26 Å². The number of nitrogens with one attached hydrogen (secondary N) is 1. The molecule has 3 nitrogen and oxygen atoms in total. The highest BCUT2D eigenvalue weighted by atomic mass is 35.5. The molecule has 0 amide bonds. The van der Waals surface area contributed by atoms with Crippen LogP contribution in [0.3, 0.4) is 0 Å². The molecule has 0 bridgehead atoms. The smallest absolute Gasteiger partial charge is 0.120 e. The van der Waals surface area contributed by atoms with Crippen molar-refractivity contribution in [3.63, 3.8) is 0 Å². The number of benzene rings is 1. The summed E-state index contributed by atoms with van der Waals surface area (Å²) in [4.78, 5) is 0. The van der Waals surface area contributed by atoms with Crippen molar-refractivity contribution in [1.29, 1.82) is 5.26 Å². The molecule has 18 heavy (non-hydrogen) atoms. The van der Waals surface area contributed by atoms with E-state index in [0.717, 1.165) is 11.3 Å².